The first-order valence-electron chi connectivity index (χ1n) is 18.9. The van der Waals surface area contributed by atoms with Gasteiger partial charge in [0.2, 0.25) is 29.6 Å². The van der Waals surface area contributed by atoms with Gasteiger partial charge in [-0.1, -0.05) is 0 Å². The van der Waals surface area contributed by atoms with Crippen molar-refractivity contribution in [1.82, 2.24) is 0 Å². The molecule has 4 bridgehead atoms. The number of aliphatic hydroxyl groups is 1. The van der Waals surface area contributed by atoms with Crippen molar-refractivity contribution >= 4 is 41.8 Å². The molecule has 0 aromatic heterocycles. The number of phenolic OH excluding ortho intramolecular Hbond substituents is 11. The molecule has 4 aliphatic rings. The first-order chi connectivity index (χ1) is 32.0. The van der Waals surface area contributed by atoms with E-state index in [-0.39, 0.29) is 6.08 Å². The number of carboxylic acid groups (broad SMARTS) is 1. The summed E-state index contributed by atoms with van der Waals surface area (Å²) in [7, 11) is 0. The summed E-state index contributed by atoms with van der Waals surface area (Å²) in [5.41, 5.74) is -8.48. The number of hydrogen-bond acceptors (Lipinski definition) is 26. The monoisotopic (exact) mass is 952 g/mol. The lowest BCUT2D eigenvalue weighted by Crippen LogP contribution is -2.63. The summed E-state index contributed by atoms with van der Waals surface area (Å²) in [6, 6.07) is 2.31. The molecule has 0 saturated carbocycles. The molecule has 4 aromatic rings. The minimum absolute atomic E-state index is 0.0672. The van der Waals surface area contributed by atoms with Gasteiger partial charge in [-0.3, -0.25) is 0 Å². The van der Waals surface area contributed by atoms with Gasteiger partial charge in [-0.05, 0) is 30.3 Å². The topological polar surface area (TPSA) is 447 Å². The van der Waals surface area contributed by atoms with Crippen molar-refractivity contribution < 1.29 is 133 Å². The van der Waals surface area contributed by atoms with Crippen LogP contribution in [-0.4, -0.2) is 152 Å². The number of hydrogen-bond donors (Lipinski definition) is 13. The zero-order valence-corrected chi connectivity index (χ0v) is 33.2. The van der Waals surface area contributed by atoms with Crippen LogP contribution in [0.15, 0.2) is 42.0 Å². The van der Waals surface area contributed by atoms with E-state index < -0.39 is 205 Å². The number of rotatable bonds is 3. The Morgan fingerprint density at radius 2 is 1.09 bits per heavy atom. The number of ether oxygens (including phenoxy) is 7. The number of aliphatic carboxylic acids is 1. The number of cyclic esters (lactones) is 1. The highest BCUT2D eigenvalue weighted by molar-refractivity contribution is 6.09. The fourth-order valence-electron chi connectivity index (χ4n) is 7.74. The highest BCUT2D eigenvalue weighted by atomic mass is 16.7. The van der Waals surface area contributed by atoms with E-state index in [2.05, 4.69) is 0 Å². The minimum Gasteiger partial charge on any atom is -0.504 e. The van der Waals surface area contributed by atoms with Gasteiger partial charge in [-0.15, -0.1) is 0 Å². The van der Waals surface area contributed by atoms with Gasteiger partial charge in [0.05, 0.1) is 33.7 Å². The number of benzene rings is 4. The van der Waals surface area contributed by atoms with Crippen LogP contribution in [-0.2, 0) is 42.8 Å². The number of aliphatic hydroxyl groups excluding tert-OH is 1. The highest BCUT2D eigenvalue weighted by Crippen LogP contribution is 2.54. The largest absolute Gasteiger partial charge is 0.504 e. The Bertz CT molecular complexity index is 2960. The Hall–Kier alpha value is -9.37. The van der Waals surface area contributed by atoms with E-state index in [1.54, 1.807) is 0 Å². The molecule has 354 valence electrons. The van der Waals surface area contributed by atoms with E-state index in [0.29, 0.717) is 30.3 Å². The van der Waals surface area contributed by atoms with Gasteiger partial charge < -0.3 is 99.5 Å². The molecule has 4 aliphatic heterocycles. The molecule has 13 N–H and O–H groups in total. The number of aromatic hydroxyl groups is 11. The minimum atomic E-state index is -2.64. The van der Waals surface area contributed by atoms with Crippen LogP contribution in [0.2, 0.25) is 0 Å². The second-order valence-electron chi connectivity index (χ2n) is 14.9. The predicted molar refractivity (Wildman–Crippen MR) is 206 cm³/mol. The fraction of sp³-hybridized carbons (Fsp3) is 0.195. The number of carbonyl (C=O) groups is 7. The maximum atomic E-state index is 14.6. The van der Waals surface area contributed by atoms with E-state index in [1.165, 1.54) is 0 Å². The normalized spacial score (nSPS) is 23.8. The molecule has 0 radical (unpaired) electrons. The smallest absolute Gasteiger partial charge is 0.341 e. The van der Waals surface area contributed by atoms with Gasteiger partial charge in [-0.2, -0.15) is 0 Å². The molecule has 68 heavy (non-hydrogen) atoms. The van der Waals surface area contributed by atoms with Crippen LogP contribution in [0, 0.1) is 0 Å². The van der Waals surface area contributed by atoms with Crippen LogP contribution >= 0.6 is 0 Å². The Morgan fingerprint density at radius 1 is 0.588 bits per heavy atom. The second-order valence-corrected chi connectivity index (χ2v) is 14.9. The highest BCUT2D eigenvalue weighted by Gasteiger charge is 2.57. The zero-order chi connectivity index (χ0) is 49.5. The molecular weight excluding hydrogens is 924 g/mol. The summed E-state index contributed by atoms with van der Waals surface area (Å²) in [6.07, 6.45) is -15.0. The maximum absolute atomic E-state index is 14.6. The van der Waals surface area contributed by atoms with Gasteiger partial charge in [0.15, 0.2) is 70.1 Å². The second kappa shape index (κ2) is 16.3. The molecule has 0 spiro atoms. The zero-order valence-electron chi connectivity index (χ0n) is 33.2. The molecule has 0 amide bonds. The Morgan fingerprint density at radius 3 is 1.68 bits per heavy atom. The van der Waals surface area contributed by atoms with Crippen molar-refractivity contribution in [2.45, 2.75) is 42.7 Å². The SMILES string of the molecule is O=C(O)C=C1C(=O)OC2C3COC(=O)c4cc(O)c(O)c(O)c4-c4c(cc(O)c(O)c4O)C(=O)OC2C(OC(=O)c2cc(O)c(O)c4c2C1C(O)C(=O)O4)C(OC(=O)c1cc(O)c(O)c(O)c1)O3. The van der Waals surface area contributed by atoms with E-state index in [0.717, 1.165) is 0 Å². The van der Waals surface area contributed by atoms with Crippen LogP contribution in [0.3, 0.4) is 0 Å². The summed E-state index contributed by atoms with van der Waals surface area (Å²) in [4.78, 5) is 96.6. The average molecular weight is 953 g/mol. The van der Waals surface area contributed by atoms with Crippen LogP contribution in [0.1, 0.15) is 52.9 Å². The first-order valence-corrected chi connectivity index (χ1v) is 18.9. The fourth-order valence-corrected chi connectivity index (χ4v) is 7.74. The third-order valence-electron chi connectivity index (χ3n) is 10.8. The van der Waals surface area contributed by atoms with E-state index in [4.69, 9.17) is 33.2 Å². The summed E-state index contributed by atoms with van der Waals surface area (Å²) >= 11 is 0. The molecule has 27 heteroatoms. The molecular formula is C41H28O27. The van der Waals surface area contributed by atoms with Crippen molar-refractivity contribution in [2.75, 3.05) is 6.61 Å². The lowest BCUT2D eigenvalue weighted by Gasteiger charge is -2.44. The number of carboxylic acids is 1. The Kier molecular flexibility index (Phi) is 10.8. The van der Waals surface area contributed by atoms with E-state index in [9.17, 15) is 99.9 Å². The molecule has 4 heterocycles. The quantitative estimate of drug-likeness (QED) is 0.0420. The van der Waals surface area contributed by atoms with Crippen LogP contribution in [0.5, 0.6) is 69.0 Å². The number of carbonyl (C=O) groups excluding carboxylic acids is 6. The van der Waals surface area contributed by atoms with Crippen molar-refractivity contribution in [3.63, 3.8) is 0 Å². The average Bonchev–Trinajstić information content (AvgIpc) is 3.28. The third-order valence-corrected chi connectivity index (χ3v) is 10.8. The van der Waals surface area contributed by atoms with Crippen LogP contribution < -0.4 is 4.74 Å². The lowest BCUT2D eigenvalue weighted by molar-refractivity contribution is -0.286. The number of esters is 6. The summed E-state index contributed by atoms with van der Waals surface area (Å²) in [6.45, 7) is -1.33. The van der Waals surface area contributed by atoms with Gasteiger partial charge in [-0.25, -0.2) is 33.6 Å². The summed E-state index contributed by atoms with van der Waals surface area (Å²) < 4.78 is 38.7. The van der Waals surface area contributed by atoms with Crippen LogP contribution in [0.25, 0.3) is 11.1 Å². The maximum Gasteiger partial charge on any atom is 0.341 e. The van der Waals surface area contributed by atoms with Gasteiger partial charge in [0.1, 0.15) is 12.7 Å². The van der Waals surface area contributed by atoms with Crippen molar-refractivity contribution in [3.05, 3.63) is 69.8 Å². The predicted octanol–water partition coefficient (Wildman–Crippen LogP) is -0.0816. The van der Waals surface area contributed by atoms with Gasteiger partial charge in [0.25, 0.3) is 0 Å². The molecule has 27 nitrogen and oxygen atoms in total. The molecule has 1 fully saturated rings. The Labute approximate surface area is 373 Å². The van der Waals surface area contributed by atoms with Crippen molar-refractivity contribution in [3.8, 4) is 80.1 Å². The molecule has 7 atom stereocenters. The standard InChI is InChI=1S/C41H28O27/c42-13-1-8(2-14(43)24(13)49)35(56)68-41-34-33-31(64-39(60)12(6-19(47)48)22-23-11(38(59)67-34)5-17(46)27(52)32(23)65-40(61)30(22)55)18(63-41)7-62-36(57)9-3-15(44)25(50)28(53)20(9)21-10(37(58)66-33)4-16(45)26(51)29(21)54/h1-6,18,22,30-31,33-34,41-46,49-55H,7H2,(H,47,48). The van der Waals surface area contributed by atoms with E-state index in [1.807, 2.05) is 0 Å². The third kappa shape index (κ3) is 7.24. The summed E-state index contributed by atoms with van der Waals surface area (Å²) in [5.74, 6) is -30.4. The number of fused-ring (bicyclic) bond motifs is 3. The van der Waals surface area contributed by atoms with Crippen molar-refractivity contribution in [2.24, 2.45) is 0 Å². The Balaban J connectivity index is 1.40. The molecule has 1 saturated heterocycles. The number of phenols is 11. The first kappa shape index (κ1) is 45.2. The molecule has 0 aliphatic carbocycles. The van der Waals surface area contributed by atoms with Crippen LogP contribution in [0.4, 0.5) is 0 Å². The van der Waals surface area contributed by atoms with Gasteiger partial charge in [0, 0.05) is 22.8 Å². The van der Waals surface area contributed by atoms with Crippen molar-refractivity contribution in [1.29, 1.82) is 0 Å². The lowest BCUT2D eigenvalue weighted by atomic mass is 9.80. The molecule has 8 rings (SSSR count). The summed E-state index contributed by atoms with van der Waals surface area (Å²) in [5, 5.41) is 137. The van der Waals surface area contributed by atoms with E-state index >= 15 is 0 Å². The van der Waals surface area contributed by atoms with Gasteiger partial charge >= 0.3 is 41.8 Å². The molecule has 7 unspecified atom stereocenters. The molecule has 4 aromatic carbocycles.